The van der Waals surface area contributed by atoms with Gasteiger partial charge in [-0.2, -0.15) is 0 Å². The monoisotopic (exact) mass is 182 g/mol. The first-order chi connectivity index (χ1) is 6.09. The maximum Gasteiger partial charge on any atom is 0.318 e. The highest BCUT2D eigenvalue weighted by atomic mass is 16.2. The van der Waals surface area contributed by atoms with Gasteiger partial charge in [0.2, 0.25) is 0 Å². The average Bonchev–Trinajstić information content (AvgIpc) is 2.75. The predicted octanol–water partition coefficient (Wildman–Crippen LogP) is 1.73. The van der Waals surface area contributed by atoms with Gasteiger partial charge in [0.1, 0.15) is 0 Å². The van der Waals surface area contributed by atoms with Gasteiger partial charge in [-0.05, 0) is 39.5 Å². The molecule has 2 amide bonds. The third-order valence-corrected chi connectivity index (χ3v) is 3.05. The number of carbonyl (C=O) groups excluding carboxylic acids is 1. The van der Waals surface area contributed by atoms with E-state index in [-0.39, 0.29) is 11.6 Å². The predicted molar refractivity (Wildman–Crippen MR) is 51.6 cm³/mol. The molecule has 0 aromatic carbocycles. The van der Waals surface area contributed by atoms with E-state index in [1.807, 2.05) is 4.90 Å². The Balaban J connectivity index is 1.94. The zero-order chi connectivity index (χ0) is 9.47. The molecule has 1 N–H and O–H groups in total. The van der Waals surface area contributed by atoms with Crippen LogP contribution in [0.5, 0.6) is 0 Å². The van der Waals surface area contributed by atoms with Crippen LogP contribution in [0, 0.1) is 0 Å². The van der Waals surface area contributed by atoms with Crippen LogP contribution in [-0.2, 0) is 0 Å². The Hall–Kier alpha value is -0.730. The van der Waals surface area contributed by atoms with Gasteiger partial charge in [-0.15, -0.1) is 0 Å². The van der Waals surface area contributed by atoms with Crippen molar-refractivity contribution >= 4 is 6.03 Å². The lowest BCUT2D eigenvalue weighted by atomic mass is 10.0. The zero-order valence-corrected chi connectivity index (χ0v) is 8.47. The molecule has 2 rings (SSSR count). The van der Waals surface area contributed by atoms with Crippen LogP contribution in [0.3, 0.4) is 0 Å². The highest BCUT2D eigenvalue weighted by molar-refractivity contribution is 5.76. The number of carbonyl (C=O) groups is 1. The largest absolute Gasteiger partial charge is 0.335 e. The van der Waals surface area contributed by atoms with E-state index in [9.17, 15) is 4.79 Å². The van der Waals surface area contributed by atoms with Crippen molar-refractivity contribution in [2.45, 2.75) is 51.1 Å². The van der Waals surface area contributed by atoms with Gasteiger partial charge in [0.25, 0.3) is 0 Å². The molecule has 1 saturated carbocycles. The smallest absolute Gasteiger partial charge is 0.318 e. The van der Waals surface area contributed by atoms with Gasteiger partial charge in [0, 0.05) is 18.1 Å². The van der Waals surface area contributed by atoms with E-state index >= 15 is 0 Å². The van der Waals surface area contributed by atoms with Crippen molar-refractivity contribution in [3.8, 4) is 0 Å². The number of hydrogen-bond acceptors (Lipinski definition) is 1. The van der Waals surface area contributed by atoms with E-state index in [0.717, 1.165) is 19.4 Å². The van der Waals surface area contributed by atoms with Crippen LogP contribution in [0.4, 0.5) is 4.79 Å². The molecule has 0 aromatic heterocycles. The molecule has 74 valence electrons. The highest BCUT2D eigenvalue weighted by Gasteiger charge is 2.37. The zero-order valence-electron chi connectivity index (χ0n) is 8.47. The standard InChI is InChI=1S/C10H18N2O/c1-10(2)6-3-7-12(10)9(13)11-8-4-5-8/h8H,3-7H2,1-2H3,(H,11,13). The Bertz CT molecular complexity index is 221. The molecule has 0 atom stereocenters. The fourth-order valence-electron chi connectivity index (χ4n) is 1.96. The van der Waals surface area contributed by atoms with E-state index in [1.165, 1.54) is 12.8 Å². The summed E-state index contributed by atoms with van der Waals surface area (Å²) in [5, 5.41) is 3.04. The van der Waals surface area contributed by atoms with Crippen molar-refractivity contribution in [1.29, 1.82) is 0 Å². The van der Waals surface area contributed by atoms with E-state index in [0.29, 0.717) is 6.04 Å². The van der Waals surface area contributed by atoms with Gasteiger partial charge >= 0.3 is 6.03 Å². The summed E-state index contributed by atoms with van der Waals surface area (Å²) >= 11 is 0. The molecule has 3 nitrogen and oxygen atoms in total. The van der Waals surface area contributed by atoms with Crippen LogP contribution < -0.4 is 5.32 Å². The van der Waals surface area contributed by atoms with Crippen LogP contribution in [0.2, 0.25) is 0 Å². The molecule has 1 saturated heterocycles. The lowest BCUT2D eigenvalue weighted by Crippen LogP contribution is -2.48. The van der Waals surface area contributed by atoms with Gasteiger partial charge < -0.3 is 10.2 Å². The van der Waals surface area contributed by atoms with E-state index in [1.54, 1.807) is 0 Å². The van der Waals surface area contributed by atoms with E-state index in [2.05, 4.69) is 19.2 Å². The fraction of sp³-hybridized carbons (Fsp3) is 0.900. The summed E-state index contributed by atoms with van der Waals surface area (Å²) in [5.74, 6) is 0. The van der Waals surface area contributed by atoms with Crippen molar-refractivity contribution in [3.05, 3.63) is 0 Å². The number of nitrogens with zero attached hydrogens (tertiary/aromatic N) is 1. The number of urea groups is 1. The van der Waals surface area contributed by atoms with Crippen LogP contribution in [0.25, 0.3) is 0 Å². The van der Waals surface area contributed by atoms with Crippen molar-refractivity contribution in [1.82, 2.24) is 10.2 Å². The third-order valence-electron chi connectivity index (χ3n) is 3.05. The van der Waals surface area contributed by atoms with Gasteiger partial charge in [0.15, 0.2) is 0 Å². The topological polar surface area (TPSA) is 32.3 Å². The molecule has 2 aliphatic rings. The number of nitrogens with one attached hydrogen (secondary N) is 1. The molecular formula is C10H18N2O. The minimum absolute atomic E-state index is 0.0684. The van der Waals surface area contributed by atoms with Crippen LogP contribution in [-0.4, -0.2) is 29.1 Å². The molecule has 0 radical (unpaired) electrons. The van der Waals surface area contributed by atoms with Crippen LogP contribution in [0.15, 0.2) is 0 Å². The van der Waals surface area contributed by atoms with Crippen LogP contribution >= 0.6 is 0 Å². The lowest BCUT2D eigenvalue weighted by molar-refractivity contribution is 0.165. The van der Waals surface area contributed by atoms with Crippen molar-refractivity contribution in [2.24, 2.45) is 0 Å². The first-order valence-electron chi connectivity index (χ1n) is 5.18. The normalized spacial score (nSPS) is 26.2. The molecule has 0 spiro atoms. The fourth-order valence-corrected chi connectivity index (χ4v) is 1.96. The lowest BCUT2D eigenvalue weighted by Gasteiger charge is -2.31. The second-order valence-electron chi connectivity index (χ2n) is 4.79. The SMILES string of the molecule is CC1(C)CCCN1C(=O)NC1CC1. The second kappa shape index (κ2) is 2.89. The molecule has 0 unspecified atom stereocenters. The maximum absolute atomic E-state index is 11.7. The minimum atomic E-state index is 0.0684. The van der Waals surface area contributed by atoms with E-state index in [4.69, 9.17) is 0 Å². The number of hydrogen-bond donors (Lipinski definition) is 1. The Kier molecular flexibility index (Phi) is 1.97. The van der Waals surface area contributed by atoms with Crippen molar-refractivity contribution < 1.29 is 4.79 Å². The Morgan fingerprint density at radius 1 is 1.46 bits per heavy atom. The summed E-state index contributed by atoms with van der Waals surface area (Å²) in [7, 11) is 0. The maximum atomic E-state index is 11.7. The molecule has 3 heteroatoms. The second-order valence-corrected chi connectivity index (χ2v) is 4.79. The van der Waals surface area contributed by atoms with Gasteiger partial charge in [0.05, 0.1) is 0 Å². The summed E-state index contributed by atoms with van der Waals surface area (Å²) < 4.78 is 0. The molecule has 0 aromatic rings. The van der Waals surface area contributed by atoms with Crippen molar-refractivity contribution in [2.75, 3.05) is 6.54 Å². The average molecular weight is 182 g/mol. The molecule has 1 heterocycles. The molecule has 1 aliphatic carbocycles. The molecule has 0 bridgehead atoms. The number of rotatable bonds is 1. The summed E-state index contributed by atoms with van der Waals surface area (Å²) in [4.78, 5) is 13.7. The Morgan fingerprint density at radius 2 is 2.15 bits per heavy atom. The Labute approximate surface area is 79.5 Å². The van der Waals surface area contributed by atoms with E-state index < -0.39 is 0 Å². The van der Waals surface area contributed by atoms with Crippen molar-refractivity contribution in [3.63, 3.8) is 0 Å². The third kappa shape index (κ3) is 1.79. The first-order valence-corrected chi connectivity index (χ1v) is 5.18. The summed E-state index contributed by atoms with van der Waals surface area (Å²) in [6.07, 6.45) is 4.61. The Morgan fingerprint density at radius 3 is 2.62 bits per heavy atom. The number of amides is 2. The summed E-state index contributed by atoms with van der Waals surface area (Å²) in [5.41, 5.74) is 0.0684. The van der Waals surface area contributed by atoms with Gasteiger partial charge in [-0.25, -0.2) is 4.79 Å². The highest BCUT2D eigenvalue weighted by Crippen LogP contribution is 2.29. The first kappa shape index (κ1) is 8.85. The molecule has 2 fully saturated rings. The molecular weight excluding hydrogens is 164 g/mol. The molecule has 13 heavy (non-hydrogen) atoms. The summed E-state index contributed by atoms with van der Waals surface area (Å²) in [6, 6.07) is 0.619. The summed E-state index contributed by atoms with van der Waals surface area (Å²) in [6.45, 7) is 5.21. The van der Waals surface area contributed by atoms with Crippen LogP contribution in [0.1, 0.15) is 39.5 Å². The number of likely N-dealkylation sites (tertiary alicyclic amines) is 1. The quantitative estimate of drug-likeness (QED) is 0.658. The minimum Gasteiger partial charge on any atom is -0.335 e. The van der Waals surface area contributed by atoms with Gasteiger partial charge in [-0.1, -0.05) is 0 Å². The molecule has 1 aliphatic heterocycles. The van der Waals surface area contributed by atoms with Gasteiger partial charge in [-0.3, -0.25) is 0 Å².